The van der Waals surface area contributed by atoms with Gasteiger partial charge in [0.05, 0.1) is 5.69 Å². The van der Waals surface area contributed by atoms with Crippen LogP contribution in [0.1, 0.15) is 16.8 Å². The first kappa shape index (κ1) is 12.5. The smallest absolute Gasteiger partial charge is 0.229 e. The summed E-state index contributed by atoms with van der Waals surface area (Å²) in [5.74, 6) is 1.37. The first-order valence-electron chi connectivity index (χ1n) is 5.91. The van der Waals surface area contributed by atoms with Gasteiger partial charge in [0.15, 0.2) is 0 Å². The summed E-state index contributed by atoms with van der Waals surface area (Å²) in [6.45, 7) is 2.04. The Labute approximate surface area is 121 Å². The molecular weight excluding hydrogens is 278 g/mol. The molecule has 0 spiro atoms. The van der Waals surface area contributed by atoms with E-state index in [0.717, 1.165) is 28.3 Å². The van der Waals surface area contributed by atoms with Crippen LogP contribution in [0.4, 0.5) is 11.6 Å². The van der Waals surface area contributed by atoms with Crippen LogP contribution in [-0.2, 0) is 5.75 Å². The molecule has 0 bridgehead atoms. The molecule has 3 nitrogen and oxygen atoms in total. The molecule has 0 radical (unpaired) electrons. The number of hydrogen-bond acceptors (Lipinski definition) is 4. The highest BCUT2D eigenvalue weighted by atomic mass is 35.5. The highest BCUT2D eigenvalue weighted by molar-refractivity contribution is 8.01. The predicted molar refractivity (Wildman–Crippen MR) is 81.8 cm³/mol. The van der Waals surface area contributed by atoms with Gasteiger partial charge < -0.3 is 5.32 Å². The molecule has 1 aromatic heterocycles. The van der Waals surface area contributed by atoms with E-state index < -0.39 is 0 Å². The van der Waals surface area contributed by atoms with Crippen molar-refractivity contribution >= 4 is 41.1 Å². The van der Waals surface area contributed by atoms with Crippen molar-refractivity contribution in [2.75, 3.05) is 5.32 Å². The van der Waals surface area contributed by atoms with Gasteiger partial charge in [-0.15, -0.1) is 11.8 Å². The summed E-state index contributed by atoms with van der Waals surface area (Å²) < 4.78 is 0. The second kappa shape index (κ2) is 5.23. The number of aromatic nitrogens is 2. The number of hydrogen-bond donors (Lipinski definition) is 1. The second-order valence-electron chi connectivity index (χ2n) is 4.26. The van der Waals surface area contributed by atoms with Crippen molar-refractivity contribution < 1.29 is 0 Å². The molecular formula is C14H12ClN3S. The molecule has 1 aromatic carbocycles. The van der Waals surface area contributed by atoms with E-state index in [-0.39, 0.29) is 0 Å². The van der Waals surface area contributed by atoms with Gasteiger partial charge in [-0.25, -0.2) is 9.97 Å². The Balaban J connectivity index is 1.97. The molecule has 0 unspecified atom stereocenters. The summed E-state index contributed by atoms with van der Waals surface area (Å²) in [6.07, 6.45) is 1.97. The predicted octanol–water partition coefficient (Wildman–Crippen LogP) is 4.40. The van der Waals surface area contributed by atoms with Gasteiger partial charge in [-0.05, 0) is 30.0 Å². The van der Waals surface area contributed by atoms with Crippen molar-refractivity contribution in [3.8, 4) is 0 Å². The molecule has 0 saturated carbocycles. The number of aryl methyl sites for hydroxylation is 1. The third-order valence-corrected chi connectivity index (χ3v) is 4.03. The summed E-state index contributed by atoms with van der Waals surface area (Å²) in [4.78, 5) is 8.82. The van der Waals surface area contributed by atoms with Gasteiger partial charge in [-0.2, -0.15) is 0 Å². The third kappa shape index (κ3) is 2.60. The van der Waals surface area contributed by atoms with Crippen LogP contribution in [0.3, 0.4) is 0 Å². The number of nitrogens with zero attached hydrogens (tertiary/aromatic N) is 2. The number of halogens is 1. The number of rotatable bonds is 2. The zero-order chi connectivity index (χ0) is 13.2. The lowest BCUT2D eigenvalue weighted by atomic mass is 10.2. The van der Waals surface area contributed by atoms with E-state index in [9.17, 15) is 0 Å². The molecule has 19 heavy (non-hydrogen) atoms. The van der Waals surface area contributed by atoms with Crippen LogP contribution < -0.4 is 5.32 Å². The highest BCUT2D eigenvalue weighted by Gasteiger charge is 2.14. The summed E-state index contributed by atoms with van der Waals surface area (Å²) in [7, 11) is 0. The molecule has 5 heteroatoms. The number of nitrogens with one attached hydrogen (secondary N) is 1. The molecule has 2 heterocycles. The fourth-order valence-electron chi connectivity index (χ4n) is 1.88. The van der Waals surface area contributed by atoms with E-state index >= 15 is 0 Å². The Morgan fingerprint density at radius 2 is 2.11 bits per heavy atom. The number of fused-ring (bicyclic) bond motifs is 1. The van der Waals surface area contributed by atoms with Gasteiger partial charge in [0.25, 0.3) is 0 Å². The lowest BCUT2D eigenvalue weighted by molar-refractivity contribution is 1.10. The fraction of sp³-hybridized carbons (Fsp3) is 0.143. The molecule has 0 aliphatic carbocycles. The Morgan fingerprint density at radius 3 is 2.95 bits per heavy atom. The van der Waals surface area contributed by atoms with Crippen LogP contribution in [0, 0.1) is 6.92 Å². The van der Waals surface area contributed by atoms with Gasteiger partial charge in [-0.3, -0.25) is 0 Å². The molecule has 96 valence electrons. The molecule has 0 atom stereocenters. The lowest BCUT2D eigenvalue weighted by Crippen LogP contribution is -2.04. The topological polar surface area (TPSA) is 37.8 Å². The van der Waals surface area contributed by atoms with Crippen molar-refractivity contribution in [3.05, 3.63) is 51.6 Å². The Hall–Kier alpha value is -1.52. The summed E-state index contributed by atoms with van der Waals surface area (Å²) in [5.41, 5.74) is 4.04. The molecule has 1 N–H and O–H groups in total. The maximum atomic E-state index is 6.22. The van der Waals surface area contributed by atoms with E-state index in [0.29, 0.717) is 11.1 Å². The third-order valence-electron chi connectivity index (χ3n) is 2.93. The minimum absolute atomic E-state index is 0.526. The minimum Gasteiger partial charge on any atom is -0.324 e. The van der Waals surface area contributed by atoms with Crippen LogP contribution in [0.25, 0.3) is 6.08 Å². The summed E-state index contributed by atoms with van der Waals surface area (Å²) in [5, 5.41) is 5.77. The molecule has 0 saturated heterocycles. The maximum Gasteiger partial charge on any atom is 0.229 e. The quantitative estimate of drug-likeness (QED) is 0.832. The Morgan fingerprint density at radius 1 is 1.26 bits per heavy atom. The SMILES string of the molecule is Cc1ccccc1Nc1nc(Cl)c2c(n1)C=CSC2. The Kier molecular flexibility index (Phi) is 3.44. The average molecular weight is 290 g/mol. The fourth-order valence-corrected chi connectivity index (χ4v) is 2.97. The van der Waals surface area contributed by atoms with Crippen LogP contribution in [0.15, 0.2) is 29.7 Å². The van der Waals surface area contributed by atoms with E-state index in [2.05, 4.69) is 15.3 Å². The zero-order valence-electron chi connectivity index (χ0n) is 10.4. The molecule has 3 rings (SSSR count). The van der Waals surface area contributed by atoms with Crippen molar-refractivity contribution in [3.63, 3.8) is 0 Å². The van der Waals surface area contributed by atoms with Gasteiger partial charge in [-0.1, -0.05) is 29.8 Å². The van der Waals surface area contributed by atoms with E-state index in [4.69, 9.17) is 11.6 Å². The van der Waals surface area contributed by atoms with Crippen LogP contribution in [-0.4, -0.2) is 9.97 Å². The number of thioether (sulfide) groups is 1. The van der Waals surface area contributed by atoms with Crippen molar-refractivity contribution in [2.45, 2.75) is 12.7 Å². The molecule has 0 fully saturated rings. The van der Waals surface area contributed by atoms with Crippen LogP contribution >= 0.6 is 23.4 Å². The van der Waals surface area contributed by atoms with Crippen LogP contribution in [0.5, 0.6) is 0 Å². The van der Waals surface area contributed by atoms with E-state index in [1.54, 1.807) is 11.8 Å². The minimum atomic E-state index is 0.526. The Bertz CT molecular complexity index is 655. The summed E-state index contributed by atoms with van der Waals surface area (Å²) in [6, 6.07) is 8.02. The molecule has 1 aliphatic heterocycles. The van der Waals surface area contributed by atoms with Crippen molar-refractivity contribution in [2.24, 2.45) is 0 Å². The molecule has 0 amide bonds. The number of para-hydroxylation sites is 1. The first-order chi connectivity index (χ1) is 9.24. The van der Waals surface area contributed by atoms with Crippen molar-refractivity contribution in [1.29, 1.82) is 0 Å². The highest BCUT2D eigenvalue weighted by Crippen LogP contribution is 2.30. The summed E-state index contributed by atoms with van der Waals surface area (Å²) >= 11 is 7.91. The number of benzene rings is 1. The maximum absolute atomic E-state index is 6.22. The van der Waals surface area contributed by atoms with Gasteiger partial charge in [0.1, 0.15) is 5.15 Å². The lowest BCUT2D eigenvalue weighted by Gasteiger charge is -2.13. The first-order valence-corrected chi connectivity index (χ1v) is 7.34. The monoisotopic (exact) mass is 289 g/mol. The number of anilines is 2. The average Bonchev–Trinajstić information content (AvgIpc) is 2.42. The van der Waals surface area contributed by atoms with Gasteiger partial charge in [0, 0.05) is 17.0 Å². The standard InChI is InChI=1S/C14H12ClN3S/c1-9-4-2-3-5-11(9)16-14-17-12-6-7-19-8-10(12)13(15)18-14/h2-7H,8H2,1H3,(H,16,17,18). The van der Waals surface area contributed by atoms with E-state index in [1.807, 2.05) is 42.7 Å². The van der Waals surface area contributed by atoms with Crippen LogP contribution in [0.2, 0.25) is 5.15 Å². The molecule has 2 aromatic rings. The van der Waals surface area contributed by atoms with Crippen molar-refractivity contribution in [1.82, 2.24) is 9.97 Å². The van der Waals surface area contributed by atoms with E-state index in [1.165, 1.54) is 0 Å². The van der Waals surface area contributed by atoms with Gasteiger partial charge >= 0.3 is 0 Å². The van der Waals surface area contributed by atoms with Gasteiger partial charge in [0.2, 0.25) is 5.95 Å². The second-order valence-corrected chi connectivity index (χ2v) is 5.51. The molecule has 1 aliphatic rings. The largest absolute Gasteiger partial charge is 0.324 e. The zero-order valence-corrected chi connectivity index (χ0v) is 11.9. The normalized spacial score (nSPS) is 13.2.